The summed E-state index contributed by atoms with van der Waals surface area (Å²) < 4.78 is 5.22. The molecule has 7 heteroatoms. The normalized spacial score (nSPS) is 18.2. The Labute approximate surface area is 133 Å². The quantitative estimate of drug-likeness (QED) is 0.784. The van der Waals surface area contributed by atoms with E-state index in [0.717, 1.165) is 22.2 Å². The molecule has 2 heterocycles. The number of hydrogen-bond acceptors (Lipinski definition) is 4. The lowest BCUT2D eigenvalue weighted by Gasteiger charge is -2.31. The summed E-state index contributed by atoms with van der Waals surface area (Å²) in [5.41, 5.74) is 2.20. The third-order valence-electron chi connectivity index (χ3n) is 4.24. The molecule has 0 bridgehead atoms. The van der Waals surface area contributed by atoms with E-state index in [1.807, 2.05) is 25.1 Å². The van der Waals surface area contributed by atoms with Crippen LogP contribution in [0.25, 0.3) is 10.9 Å². The number of aliphatic carboxylic acids is 1. The zero-order valence-corrected chi connectivity index (χ0v) is 13.0. The Kier molecular flexibility index (Phi) is 3.96. The summed E-state index contributed by atoms with van der Waals surface area (Å²) in [4.78, 5) is 28.6. The fourth-order valence-corrected chi connectivity index (χ4v) is 2.90. The van der Waals surface area contributed by atoms with Gasteiger partial charge in [-0.25, -0.2) is 0 Å². The zero-order valence-electron chi connectivity index (χ0n) is 13.0. The van der Waals surface area contributed by atoms with Crippen LogP contribution in [0.5, 0.6) is 5.75 Å². The maximum Gasteiger partial charge on any atom is 0.322 e. The third kappa shape index (κ3) is 2.75. The van der Waals surface area contributed by atoms with E-state index in [-0.39, 0.29) is 12.5 Å². The van der Waals surface area contributed by atoms with Crippen molar-refractivity contribution in [2.45, 2.75) is 13.0 Å². The minimum atomic E-state index is -0.944. The van der Waals surface area contributed by atoms with Gasteiger partial charge in [0.25, 0.3) is 5.91 Å². The number of benzene rings is 1. The molecule has 7 nitrogen and oxygen atoms in total. The van der Waals surface area contributed by atoms with E-state index in [1.54, 1.807) is 12.0 Å². The summed E-state index contributed by atoms with van der Waals surface area (Å²) in [5.74, 6) is -0.391. The molecule has 1 fully saturated rings. The van der Waals surface area contributed by atoms with Gasteiger partial charge in [-0.3, -0.25) is 9.59 Å². The van der Waals surface area contributed by atoms with Gasteiger partial charge in [-0.1, -0.05) is 0 Å². The number of carbonyl (C=O) groups is 2. The second-order valence-electron chi connectivity index (χ2n) is 5.63. The van der Waals surface area contributed by atoms with Crippen molar-refractivity contribution in [3.8, 4) is 5.75 Å². The molecule has 3 N–H and O–H groups in total. The van der Waals surface area contributed by atoms with Gasteiger partial charge in [-0.15, -0.1) is 0 Å². The van der Waals surface area contributed by atoms with E-state index in [2.05, 4.69) is 10.3 Å². The summed E-state index contributed by atoms with van der Waals surface area (Å²) in [6.45, 7) is 2.99. The highest BCUT2D eigenvalue weighted by molar-refractivity contribution is 6.01. The molecule has 0 spiro atoms. The molecule has 1 aromatic heterocycles. The maximum atomic E-state index is 12.8. The Morgan fingerprint density at radius 3 is 2.87 bits per heavy atom. The molecule has 23 heavy (non-hydrogen) atoms. The molecule has 1 aromatic carbocycles. The van der Waals surface area contributed by atoms with E-state index in [0.29, 0.717) is 18.8 Å². The number of ether oxygens (including phenoxy) is 1. The van der Waals surface area contributed by atoms with Crippen molar-refractivity contribution in [1.82, 2.24) is 15.2 Å². The highest BCUT2D eigenvalue weighted by Gasteiger charge is 2.29. The summed E-state index contributed by atoms with van der Waals surface area (Å²) in [7, 11) is 1.60. The van der Waals surface area contributed by atoms with Crippen LogP contribution in [-0.2, 0) is 4.79 Å². The lowest BCUT2D eigenvalue weighted by Crippen LogP contribution is -2.55. The van der Waals surface area contributed by atoms with Crippen molar-refractivity contribution in [3.63, 3.8) is 0 Å². The summed E-state index contributed by atoms with van der Waals surface area (Å²) in [6, 6.07) is 4.86. The van der Waals surface area contributed by atoms with Crippen LogP contribution in [0.1, 0.15) is 16.1 Å². The van der Waals surface area contributed by atoms with Crippen LogP contribution in [0.15, 0.2) is 18.2 Å². The van der Waals surface area contributed by atoms with Gasteiger partial charge in [-0.05, 0) is 30.7 Å². The molecule has 122 valence electrons. The standard InChI is InChI=1S/C16H19N3O4/c1-9-11-7-10(23-2)3-4-12(11)18-14(9)15(20)19-6-5-17-13(8-19)16(21)22/h3-4,7,13,17-18H,5-6,8H2,1-2H3,(H,21,22). The van der Waals surface area contributed by atoms with Crippen molar-refractivity contribution >= 4 is 22.8 Å². The van der Waals surface area contributed by atoms with Crippen LogP contribution in [-0.4, -0.2) is 59.7 Å². The van der Waals surface area contributed by atoms with Gasteiger partial charge in [-0.2, -0.15) is 0 Å². The first-order valence-electron chi connectivity index (χ1n) is 7.43. The predicted octanol–water partition coefficient (Wildman–Crippen LogP) is 0.984. The number of amides is 1. The van der Waals surface area contributed by atoms with Crippen molar-refractivity contribution in [3.05, 3.63) is 29.5 Å². The number of aryl methyl sites for hydroxylation is 1. The fourth-order valence-electron chi connectivity index (χ4n) is 2.90. The first-order valence-corrected chi connectivity index (χ1v) is 7.43. The van der Waals surface area contributed by atoms with Gasteiger partial charge < -0.3 is 25.0 Å². The molecule has 1 unspecified atom stereocenters. The number of hydrogen-bond donors (Lipinski definition) is 3. The number of nitrogens with zero attached hydrogens (tertiary/aromatic N) is 1. The summed E-state index contributed by atoms with van der Waals surface area (Å²) in [5, 5.41) is 12.9. The van der Waals surface area contributed by atoms with Gasteiger partial charge in [0.05, 0.1) is 7.11 Å². The molecule has 0 radical (unpaired) electrons. The molecule has 2 aromatic rings. The average Bonchev–Trinajstić information content (AvgIpc) is 2.90. The minimum Gasteiger partial charge on any atom is -0.497 e. The fraction of sp³-hybridized carbons (Fsp3) is 0.375. The Hall–Kier alpha value is -2.54. The van der Waals surface area contributed by atoms with Crippen molar-refractivity contribution in [2.24, 2.45) is 0 Å². The number of carbonyl (C=O) groups excluding carboxylic acids is 1. The molecule has 0 aliphatic carbocycles. The number of aromatic nitrogens is 1. The van der Waals surface area contributed by atoms with E-state index in [9.17, 15) is 9.59 Å². The van der Waals surface area contributed by atoms with E-state index in [1.165, 1.54) is 0 Å². The van der Waals surface area contributed by atoms with Crippen LogP contribution in [0, 0.1) is 6.92 Å². The highest BCUT2D eigenvalue weighted by Crippen LogP contribution is 2.26. The van der Waals surface area contributed by atoms with Crippen LogP contribution in [0.2, 0.25) is 0 Å². The minimum absolute atomic E-state index is 0.159. The molecule has 1 saturated heterocycles. The number of carboxylic acids is 1. The first-order chi connectivity index (χ1) is 11.0. The Morgan fingerprint density at radius 1 is 1.39 bits per heavy atom. The molecular formula is C16H19N3O4. The number of rotatable bonds is 3. The van der Waals surface area contributed by atoms with Gasteiger partial charge in [0.15, 0.2) is 0 Å². The Morgan fingerprint density at radius 2 is 2.17 bits per heavy atom. The van der Waals surface area contributed by atoms with Crippen molar-refractivity contribution in [2.75, 3.05) is 26.7 Å². The second kappa shape index (κ2) is 5.92. The summed E-state index contributed by atoms with van der Waals surface area (Å²) >= 11 is 0. The van der Waals surface area contributed by atoms with Gasteiger partial charge in [0.2, 0.25) is 0 Å². The number of carboxylic acid groups (broad SMARTS) is 1. The van der Waals surface area contributed by atoms with Crippen LogP contribution >= 0.6 is 0 Å². The number of H-pyrrole nitrogens is 1. The second-order valence-corrected chi connectivity index (χ2v) is 5.63. The number of nitrogens with one attached hydrogen (secondary N) is 2. The number of aromatic amines is 1. The molecular weight excluding hydrogens is 298 g/mol. The van der Waals surface area contributed by atoms with Crippen LogP contribution in [0.4, 0.5) is 0 Å². The first kappa shape index (κ1) is 15.4. The lowest BCUT2D eigenvalue weighted by molar-refractivity contribution is -0.140. The van der Waals surface area contributed by atoms with E-state index < -0.39 is 12.0 Å². The van der Waals surface area contributed by atoms with Crippen LogP contribution in [0.3, 0.4) is 0 Å². The molecule has 1 aliphatic heterocycles. The SMILES string of the molecule is COc1ccc2[nH]c(C(=O)N3CCNC(C(=O)O)C3)c(C)c2c1. The lowest BCUT2D eigenvalue weighted by atomic mass is 10.1. The topological polar surface area (TPSA) is 94.7 Å². The number of fused-ring (bicyclic) bond motifs is 1. The molecule has 0 saturated carbocycles. The Bertz CT molecular complexity index is 768. The maximum absolute atomic E-state index is 12.8. The highest BCUT2D eigenvalue weighted by atomic mass is 16.5. The largest absolute Gasteiger partial charge is 0.497 e. The summed E-state index contributed by atoms with van der Waals surface area (Å²) in [6.07, 6.45) is 0. The monoisotopic (exact) mass is 317 g/mol. The van der Waals surface area contributed by atoms with Crippen LogP contribution < -0.4 is 10.1 Å². The van der Waals surface area contributed by atoms with E-state index in [4.69, 9.17) is 9.84 Å². The molecule has 1 amide bonds. The van der Waals surface area contributed by atoms with Gasteiger partial charge in [0, 0.05) is 30.5 Å². The Balaban J connectivity index is 1.91. The molecule has 3 rings (SSSR count). The van der Waals surface area contributed by atoms with Gasteiger partial charge in [0.1, 0.15) is 17.5 Å². The smallest absolute Gasteiger partial charge is 0.322 e. The van der Waals surface area contributed by atoms with Crippen molar-refractivity contribution < 1.29 is 19.4 Å². The molecule has 1 atom stereocenters. The van der Waals surface area contributed by atoms with E-state index >= 15 is 0 Å². The zero-order chi connectivity index (χ0) is 16.6. The van der Waals surface area contributed by atoms with Gasteiger partial charge >= 0.3 is 5.97 Å². The molecule has 1 aliphatic rings. The number of methoxy groups -OCH3 is 1. The third-order valence-corrected chi connectivity index (χ3v) is 4.24. The van der Waals surface area contributed by atoms with Crippen molar-refractivity contribution in [1.29, 1.82) is 0 Å². The predicted molar refractivity (Wildman–Crippen MR) is 84.9 cm³/mol. The average molecular weight is 317 g/mol. The number of piperazine rings is 1.